The number of anilines is 2. The lowest BCUT2D eigenvalue weighted by Crippen LogP contribution is -2.32. The summed E-state index contributed by atoms with van der Waals surface area (Å²) in [5.41, 5.74) is -2.38. The minimum atomic E-state index is -1.24. The molecule has 3 aromatic rings. The molecule has 29 heavy (non-hydrogen) atoms. The van der Waals surface area contributed by atoms with Crippen LogP contribution in [0.2, 0.25) is 0 Å². The summed E-state index contributed by atoms with van der Waals surface area (Å²) < 4.78 is 36.5. The first-order valence-corrected chi connectivity index (χ1v) is 9.49. The van der Waals surface area contributed by atoms with Gasteiger partial charge in [-0.05, 0) is 40.8 Å². The van der Waals surface area contributed by atoms with Gasteiger partial charge in [0.2, 0.25) is 5.82 Å². The molecule has 154 valence electrons. The van der Waals surface area contributed by atoms with E-state index in [2.05, 4.69) is 10.3 Å². The van der Waals surface area contributed by atoms with Crippen molar-refractivity contribution in [2.75, 3.05) is 19.0 Å². The number of nitrogens with zero attached hydrogens (tertiary/aromatic N) is 3. The fourth-order valence-corrected chi connectivity index (χ4v) is 3.31. The zero-order chi connectivity index (χ0) is 21.3. The van der Waals surface area contributed by atoms with E-state index < -0.39 is 34.5 Å². The molecule has 2 N–H and O–H groups in total. The molecule has 8 nitrogen and oxygen atoms in total. The van der Waals surface area contributed by atoms with Crippen LogP contribution < -0.4 is 16.4 Å². The Morgan fingerprint density at radius 1 is 1.31 bits per heavy atom. The Morgan fingerprint density at radius 2 is 2.03 bits per heavy atom. The van der Waals surface area contributed by atoms with E-state index in [1.807, 2.05) is 22.6 Å². The van der Waals surface area contributed by atoms with Crippen LogP contribution in [0.15, 0.2) is 34.1 Å². The number of ether oxygens (including phenoxy) is 1. The number of rotatable bonds is 6. The highest BCUT2D eigenvalue weighted by Crippen LogP contribution is 2.26. The fraction of sp³-hybridized carbons (Fsp3) is 0.278. The van der Waals surface area contributed by atoms with Crippen LogP contribution in [0.25, 0.3) is 11.0 Å². The molecule has 0 amide bonds. The third kappa shape index (κ3) is 4.16. The van der Waals surface area contributed by atoms with Crippen molar-refractivity contribution in [3.05, 3.63) is 60.4 Å². The van der Waals surface area contributed by atoms with Crippen molar-refractivity contribution < 1.29 is 18.6 Å². The Kier molecular flexibility index (Phi) is 6.29. The summed E-state index contributed by atoms with van der Waals surface area (Å²) in [7, 11) is 2.67. The highest BCUT2D eigenvalue weighted by Gasteiger charge is 2.21. The summed E-state index contributed by atoms with van der Waals surface area (Å²) in [6, 6.07) is 4.18. The standard InChI is InChI=1S/C18H17F2IN4O4/c1-24-16-13(17(27)25(8-22-16)6-10(26)7-29-2)15(14(20)18(24)28)23-12-4-3-9(21)5-11(12)19/h3-5,8,10,23,26H,6-7H2,1-2H3/t10-/m1/s1. The number of hydrogen-bond donors (Lipinski definition) is 2. The lowest BCUT2D eigenvalue weighted by molar-refractivity contribution is 0.0529. The van der Waals surface area contributed by atoms with Gasteiger partial charge in [-0.15, -0.1) is 0 Å². The van der Waals surface area contributed by atoms with E-state index in [0.29, 0.717) is 3.57 Å². The zero-order valence-corrected chi connectivity index (χ0v) is 17.6. The molecule has 0 fully saturated rings. The van der Waals surface area contributed by atoms with Gasteiger partial charge in [-0.1, -0.05) is 0 Å². The molecule has 0 unspecified atom stereocenters. The van der Waals surface area contributed by atoms with Crippen molar-refractivity contribution in [1.29, 1.82) is 0 Å². The predicted octanol–water partition coefficient (Wildman–Crippen LogP) is 1.73. The smallest absolute Gasteiger partial charge is 0.290 e. The number of benzene rings is 1. The third-order valence-corrected chi connectivity index (χ3v) is 4.93. The highest BCUT2D eigenvalue weighted by molar-refractivity contribution is 14.1. The summed E-state index contributed by atoms with van der Waals surface area (Å²) in [4.78, 5) is 29.3. The average molecular weight is 518 g/mol. The maximum atomic E-state index is 14.8. The van der Waals surface area contributed by atoms with Crippen LogP contribution in [0, 0.1) is 15.2 Å². The summed E-state index contributed by atoms with van der Waals surface area (Å²) in [5.74, 6) is -1.92. The molecular formula is C18H17F2IN4O4. The van der Waals surface area contributed by atoms with E-state index in [4.69, 9.17) is 4.74 Å². The zero-order valence-electron chi connectivity index (χ0n) is 15.4. The predicted molar refractivity (Wildman–Crippen MR) is 111 cm³/mol. The van der Waals surface area contributed by atoms with Gasteiger partial charge in [-0.25, -0.2) is 9.37 Å². The topological polar surface area (TPSA) is 98.4 Å². The number of aliphatic hydroxyl groups is 1. The number of methoxy groups -OCH3 is 1. The van der Waals surface area contributed by atoms with Crippen LogP contribution in [0.3, 0.4) is 0 Å². The molecule has 0 aliphatic rings. The van der Waals surface area contributed by atoms with Gasteiger partial charge in [0.15, 0.2) is 5.65 Å². The summed E-state index contributed by atoms with van der Waals surface area (Å²) in [5, 5.41) is 12.2. The quantitative estimate of drug-likeness (QED) is 0.483. The molecule has 0 aliphatic carbocycles. The van der Waals surface area contributed by atoms with Gasteiger partial charge >= 0.3 is 0 Å². The van der Waals surface area contributed by atoms with Gasteiger partial charge in [-0.2, -0.15) is 4.39 Å². The molecule has 3 rings (SSSR count). The van der Waals surface area contributed by atoms with Crippen molar-refractivity contribution in [3.63, 3.8) is 0 Å². The molecule has 1 aromatic carbocycles. The SMILES string of the molecule is COC[C@H](O)Cn1cnc2c(c(Nc3ccc(I)cc3F)c(F)c(=O)n2C)c1=O. The van der Waals surface area contributed by atoms with E-state index >= 15 is 0 Å². The molecule has 1 atom stereocenters. The van der Waals surface area contributed by atoms with Gasteiger partial charge in [-0.3, -0.25) is 18.7 Å². The number of halogens is 3. The van der Waals surface area contributed by atoms with E-state index in [9.17, 15) is 23.5 Å². The Hall–Kier alpha value is -2.38. The molecular weight excluding hydrogens is 501 g/mol. The van der Waals surface area contributed by atoms with Crippen molar-refractivity contribution in [1.82, 2.24) is 14.1 Å². The van der Waals surface area contributed by atoms with Crippen LogP contribution in [-0.2, 0) is 18.3 Å². The molecule has 11 heteroatoms. The second kappa shape index (κ2) is 8.55. The van der Waals surface area contributed by atoms with Gasteiger partial charge in [0.05, 0.1) is 30.6 Å². The van der Waals surface area contributed by atoms with Crippen molar-refractivity contribution in [2.45, 2.75) is 12.6 Å². The number of nitrogens with one attached hydrogen (secondary N) is 1. The summed E-state index contributed by atoms with van der Waals surface area (Å²) in [6.07, 6.45) is 0.148. The Labute approximate surface area is 176 Å². The number of pyridine rings is 1. The fourth-order valence-electron chi connectivity index (χ4n) is 2.86. The largest absolute Gasteiger partial charge is 0.389 e. The lowest BCUT2D eigenvalue weighted by Gasteiger charge is -2.16. The van der Waals surface area contributed by atoms with E-state index in [0.717, 1.165) is 15.5 Å². The normalized spacial score (nSPS) is 12.3. The number of hydrogen-bond acceptors (Lipinski definition) is 6. The van der Waals surface area contributed by atoms with Crippen LogP contribution in [-0.4, -0.2) is 39.0 Å². The molecule has 0 aliphatic heterocycles. The molecule has 0 spiro atoms. The van der Waals surface area contributed by atoms with E-state index in [-0.39, 0.29) is 29.9 Å². The van der Waals surface area contributed by atoms with Gasteiger partial charge in [0.25, 0.3) is 11.1 Å². The van der Waals surface area contributed by atoms with Crippen molar-refractivity contribution in [3.8, 4) is 0 Å². The Morgan fingerprint density at radius 3 is 2.69 bits per heavy atom. The molecule has 0 saturated carbocycles. The minimum Gasteiger partial charge on any atom is -0.389 e. The number of fused-ring (bicyclic) bond motifs is 1. The van der Waals surface area contributed by atoms with Crippen LogP contribution >= 0.6 is 22.6 Å². The first-order valence-electron chi connectivity index (χ1n) is 8.41. The average Bonchev–Trinajstić information content (AvgIpc) is 2.67. The minimum absolute atomic E-state index is 0.0227. The summed E-state index contributed by atoms with van der Waals surface area (Å²) >= 11 is 1.92. The second-order valence-electron chi connectivity index (χ2n) is 6.31. The molecule has 2 aromatic heterocycles. The molecule has 0 saturated heterocycles. The molecule has 0 radical (unpaired) electrons. The maximum Gasteiger partial charge on any atom is 0.290 e. The summed E-state index contributed by atoms with van der Waals surface area (Å²) in [6.45, 7) is -0.178. The van der Waals surface area contributed by atoms with E-state index in [1.54, 1.807) is 6.07 Å². The number of aromatic nitrogens is 3. The van der Waals surface area contributed by atoms with Crippen molar-refractivity contribution in [2.24, 2.45) is 7.05 Å². The molecule has 2 heterocycles. The first-order chi connectivity index (χ1) is 13.7. The van der Waals surface area contributed by atoms with Crippen LogP contribution in [0.5, 0.6) is 0 Å². The maximum absolute atomic E-state index is 14.8. The number of aryl methyl sites for hydroxylation is 1. The molecule has 0 bridgehead atoms. The number of aliphatic hydroxyl groups excluding tert-OH is 1. The third-order valence-electron chi connectivity index (χ3n) is 4.25. The van der Waals surface area contributed by atoms with Crippen molar-refractivity contribution >= 4 is 45.0 Å². The van der Waals surface area contributed by atoms with Gasteiger partial charge < -0.3 is 15.2 Å². The lowest BCUT2D eigenvalue weighted by atomic mass is 10.2. The Bertz CT molecular complexity index is 1200. The first kappa shape index (κ1) is 21.3. The van der Waals surface area contributed by atoms with Crippen LogP contribution in [0.1, 0.15) is 0 Å². The Balaban J connectivity index is 2.24. The van der Waals surface area contributed by atoms with E-state index in [1.165, 1.54) is 26.3 Å². The highest BCUT2D eigenvalue weighted by atomic mass is 127. The monoisotopic (exact) mass is 518 g/mol. The van der Waals surface area contributed by atoms with Gasteiger partial charge in [0, 0.05) is 17.7 Å². The van der Waals surface area contributed by atoms with Crippen LogP contribution in [0.4, 0.5) is 20.2 Å². The van der Waals surface area contributed by atoms with Gasteiger partial charge in [0.1, 0.15) is 17.5 Å². The second-order valence-corrected chi connectivity index (χ2v) is 7.56.